The van der Waals surface area contributed by atoms with Crippen molar-refractivity contribution in [3.05, 3.63) is 35.4 Å². The standard InChI is InChI=1S/C14H22N2O2S/c1-2-15-8-5-9-19(17,18)16-11-13-10-12-6-3-4-7-14(12)13/h3-4,6-7,13,15-16H,2,5,8-11H2,1H3. The number of benzene rings is 1. The van der Waals surface area contributed by atoms with Crippen LogP contribution in [0.15, 0.2) is 24.3 Å². The highest BCUT2D eigenvalue weighted by Crippen LogP contribution is 2.34. The maximum atomic E-state index is 11.8. The molecule has 0 aliphatic heterocycles. The molecule has 0 amide bonds. The van der Waals surface area contributed by atoms with E-state index >= 15 is 0 Å². The molecular formula is C14H22N2O2S. The molecule has 0 heterocycles. The molecular weight excluding hydrogens is 260 g/mol. The van der Waals surface area contributed by atoms with Crippen LogP contribution in [0.3, 0.4) is 0 Å². The van der Waals surface area contributed by atoms with Crippen LogP contribution in [0.1, 0.15) is 30.4 Å². The average Bonchev–Trinajstić information content (AvgIpc) is 2.36. The fourth-order valence-corrected chi connectivity index (χ4v) is 3.53. The van der Waals surface area contributed by atoms with Crippen molar-refractivity contribution < 1.29 is 8.42 Å². The maximum Gasteiger partial charge on any atom is 0.211 e. The molecule has 2 rings (SSSR count). The largest absolute Gasteiger partial charge is 0.317 e. The van der Waals surface area contributed by atoms with Crippen molar-refractivity contribution in [1.29, 1.82) is 0 Å². The minimum atomic E-state index is -3.13. The lowest BCUT2D eigenvalue weighted by Crippen LogP contribution is -2.35. The summed E-state index contributed by atoms with van der Waals surface area (Å²) in [6, 6.07) is 8.23. The maximum absolute atomic E-state index is 11.8. The van der Waals surface area contributed by atoms with Gasteiger partial charge in [-0.1, -0.05) is 31.2 Å². The number of nitrogens with one attached hydrogen (secondary N) is 2. The van der Waals surface area contributed by atoms with Gasteiger partial charge in [0.05, 0.1) is 5.75 Å². The summed E-state index contributed by atoms with van der Waals surface area (Å²) in [5.41, 5.74) is 2.64. The van der Waals surface area contributed by atoms with Crippen molar-refractivity contribution in [2.75, 3.05) is 25.4 Å². The van der Waals surface area contributed by atoms with Crippen LogP contribution < -0.4 is 10.0 Å². The normalized spacial score (nSPS) is 17.8. The molecule has 0 radical (unpaired) electrons. The van der Waals surface area contributed by atoms with E-state index < -0.39 is 10.0 Å². The first-order chi connectivity index (χ1) is 9.12. The van der Waals surface area contributed by atoms with E-state index in [9.17, 15) is 8.42 Å². The second kappa shape index (κ2) is 6.50. The Balaban J connectivity index is 1.74. The Labute approximate surface area is 115 Å². The Morgan fingerprint density at radius 3 is 2.84 bits per heavy atom. The van der Waals surface area contributed by atoms with Gasteiger partial charge in [0.2, 0.25) is 10.0 Å². The molecule has 0 bridgehead atoms. The van der Waals surface area contributed by atoms with Gasteiger partial charge in [-0.2, -0.15) is 0 Å². The molecule has 1 aromatic carbocycles. The third-order valence-corrected chi connectivity index (χ3v) is 4.96. The summed E-state index contributed by atoms with van der Waals surface area (Å²) >= 11 is 0. The molecule has 19 heavy (non-hydrogen) atoms. The number of rotatable bonds is 8. The molecule has 1 aliphatic rings. The van der Waals surface area contributed by atoms with Crippen molar-refractivity contribution in [2.24, 2.45) is 0 Å². The minimum Gasteiger partial charge on any atom is -0.317 e. The molecule has 1 unspecified atom stereocenters. The van der Waals surface area contributed by atoms with E-state index in [1.54, 1.807) is 0 Å². The van der Waals surface area contributed by atoms with Gasteiger partial charge < -0.3 is 5.32 Å². The Hall–Kier alpha value is -0.910. The highest BCUT2D eigenvalue weighted by atomic mass is 32.2. The minimum absolute atomic E-state index is 0.203. The van der Waals surface area contributed by atoms with Crippen LogP contribution in [0.4, 0.5) is 0 Å². The highest BCUT2D eigenvalue weighted by Gasteiger charge is 2.26. The summed E-state index contributed by atoms with van der Waals surface area (Å²) in [4.78, 5) is 0. The quantitative estimate of drug-likeness (QED) is 0.705. The molecule has 0 saturated heterocycles. The van der Waals surface area contributed by atoms with Gasteiger partial charge in [-0.05, 0) is 37.1 Å². The summed E-state index contributed by atoms with van der Waals surface area (Å²) in [6.45, 7) is 4.18. The smallest absolute Gasteiger partial charge is 0.211 e. The predicted molar refractivity (Wildman–Crippen MR) is 77.8 cm³/mol. The van der Waals surface area contributed by atoms with E-state index in [1.165, 1.54) is 11.1 Å². The van der Waals surface area contributed by atoms with Gasteiger partial charge in [0.15, 0.2) is 0 Å². The summed E-state index contributed by atoms with van der Waals surface area (Å²) in [5.74, 6) is 0.550. The lowest BCUT2D eigenvalue weighted by molar-refractivity contribution is 0.549. The molecule has 0 aromatic heterocycles. The Morgan fingerprint density at radius 2 is 2.11 bits per heavy atom. The van der Waals surface area contributed by atoms with Crippen LogP contribution in [0, 0.1) is 0 Å². The topological polar surface area (TPSA) is 58.2 Å². The summed E-state index contributed by atoms with van der Waals surface area (Å²) in [6.07, 6.45) is 1.64. The Bertz CT molecular complexity index is 514. The predicted octanol–water partition coefficient (Wildman–Crippen LogP) is 1.25. The molecule has 0 saturated carbocycles. The average molecular weight is 282 g/mol. The molecule has 4 nitrogen and oxygen atoms in total. The first-order valence-corrected chi connectivity index (χ1v) is 8.53. The van der Waals surface area contributed by atoms with Crippen LogP contribution in [0.5, 0.6) is 0 Å². The van der Waals surface area contributed by atoms with Crippen LogP contribution in [0.25, 0.3) is 0 Å². The third-order valence-electron chi connectivity index (χ3n) is 3.53. The molecule has 0 fully saturated rings. The molecule has 1 aliphatic carbocycles. The molecule has 2 N–H and O–H groups in total. The number of hydrogen-bond donors (Lipinski definition) is 2. The van der Waals surface area contributed by atoms with Gasteiger partial charge >= 0.3 is 0 Å². The van der Waals surface area contributed by atoms with Crippen molar-refractivity contribution >= 4 is 10.0 Å². The Kier molecular flexibility index (Phi) is 4.96. The van der Waals surface area contributed by atoms with Gasteiger partial charge in [0, 0.05) is 12.5 Å². The fraction of sp³-hybridized carbons (Fsp3) is 0.571. The molecule has 5 heteroatoms. The van der Waals surface area contributed by atoms with Crippen molar-refractivity contribution in [3.8, 4) is 0 Å². The molecule has 1 atom stereocenters. The van der Waals surface area contributed by atoms with E-state index in [-0.39, 0.29) is 5.75 Å². The molecule has 1 aromatic rings. The lowest BCUT2D eigenvalue weighted by atomic mass is 9.78. The Morgan fingerprint density at radius 1 is 1.32 bits per heavy atom. The zero-order valence-corrected chi connectivity index (χ0v) is 12.2. The van der Waals surface area contributed by atoms with E-state index in [2.05, 4.69) is 22.2 Å². The first kappa shape index (κ1) is 14.5. The third kappa shape index (κ3) is 4.03. The van der Waals surface area contributed by atoms with E-state index in [4.69, 9.17) is 0 Å². The van der Waals surface area contributed by atoms with Gasteiger partial charge in [0.1, 0.15) is 0 Å². The van der Waals surface area contributed by atoms with E-state index in [1.807, 2.05) is 19.1 Å². The first-order valence-electron chi connectivity index (χ1n) is 6.88. The van der Waals surface area contributed by atoms with E-state index in [0.29, 0.717) is 18.9 Å². The van der Waals surface area contributed by atoms with Gasteiger partial charge in [0.25, 0.3) is 0 Å². The van der Waals surface area contributed by atoms with Gasteiger partial charge in [-0.3, -0.25) is 0 Å². The van der Waals surface area contributed by atoms with Crippen LogP contribution in [-0.4, -0.2) is 33.8 Å². The summed E-state index contributed by atoms with van der Waals surface area (Å²) in [7, 11) is -3.13. The fourth-order valence-electron chi connectivity index (χ4n) is 2.41. The van der Waals surface area contributed by atoms with Crippen molar-refractivity contribution in [3.63, 3.8) is 0 Å². The number of hydrogen-bond acceptors (Lipinski definition) is 3. The monoisotopic (exact) mass is 282 g/mol. The second-order valence-corrected chi connectivity index (χ2v) is 6.90. The highest BCUT2D eigenvalue weighted by molar-refractivity contribution is 7.89. The van der Waals surface area contributed by atoms with Gasteiger partial charge in [-0.15, -0.1) is 0 Å². The SMILES string of the molecule is CCNCCCS(=O)(=O)NCC1Cc2ccccc21. The van der Waals surface area contributed by atoms with Crippen molar-refractivity contribution in [1.82, 2.24) is 10.0 Å². The number of fused-ring (bicyclic) bond motifs is 1. The number of sulfonamides is 1. The molecule has 106 valence electrons. The second-order valence-electron chi connectivity index (χ2n) is 4.97. The zero-order valence-electron chi connectivity index (χ0n) is 11.4. The van der Waals surface area contributed by atoms with E-state index in [0.717, 1.165) is 19.5 Å². The van der Waals surface area contributed by atoms with Gasteiger partial charge in [-0.25, -0.2) is 13.1 Å². The van der Waals surface area contributed by atoms with Crippen LogP contribution in [-0.2, 0) is 16.4 Å². The zero-order chi connectivity index (χ0) is 13.7. The van der Waals surface area contributed by atoms with Crippen LogP contribution >= 0.6 is 0 Å². The van der Waals surface area contributed by atoms with Crippen LogP contribution in [0.2, 0.25) is 0 Å². The summed E-state index contributed by atoms with van der Waals surface area (Å²) < 4.78 is 26.3. The summed E-state index contributed by atoms with van der Waals surface area (Å²) in [5, 5.41) is 3.13. The lowest BCUT2D eigenvalue weighted by Gasteiger charge is -2.30. The van der Waals surface area contributed by atoms with Crippen molar-refractivity contribution in [2.45, 2.75) is 25.7 Å². The molecule has 0 spiro atoms.